The van der Waals surface area contributed by atoms with Crippen LogP contribution in [0.3, 0.4) is 0 Å². The van der Waals surface area contributed by atoms with E-state index in [1.54, 1.807) is 0 Å². The summed E-state index contributed by atoms with van der Waals surface area (Å²) in [4.78, 5) is 2.39. The largest absolute Gasteiger partial charge is 0.492 e. The Balaban J connectivity index is 1.78. The lowest BCUT2D eigenvalue weighted by atomic mass is 9.99. The van der Waals surface area contributed by atoms with Crippen molar-refractivity contribution in [1.82, 2.24) is 4.90 Å². The Morgan fingerprint density at radius 2 is 2.00 bits per heavy atom. The van der Waals surface area contributed by atoms with E-state index in [1.807, 2.05) is 6.07 Å². The standard InChI is InChI=1S/C17H24N2O/c1-14(2)16-5-3-4-6-17(16)20-12-11-19-9-7-15(13-18)8-10-19/h3-6,14-15H,7-12H2,1-2H3. The van der Waals surface area contributed by atoms with Gasteiger partial charge >= 0.3 is 0 Å². The Labute approximate surface area is 122 Å². The quantitative estimate of drug-likeness (QED) is 0.824. The Morgan fingerprint density at radius 3 is 2.65 bits per heavy atom. The minimum absolute atomic E-state index is 0.258. The summed E-state index contributed by atoms with van der Waals surface area (Å²) in [6.45, 7) is 8.09. The number of ether oxygens (including phenoxy) is 1. The van der Waals surface area contributed by atoms with E-state index in [9.17, 15) is 0 Å². The average Bonchev–Trinajstić information content (AvgIpc) is 2.48. The maximum atomic E-state index is 8.89. The molecule has 1 aliphatic rings. The van der Waals surface area contributed by atoms with E-state index in [1.165, 1.54) is 5.56 Å². The van der Waals surface area contributed by atoms with Crippen LogP contribution in [-0.4, -0.2) is 31.1 Å². The third-order valence-electron chi connectivity index (χ3n) is 3.98. The van der Waals surface area contributed by atoms with Gasteiger partial charge in [-0.25, -0.2) is 0 Å². The number of hydrogen-bond acceptors (Lipinski definition) is 3. The predicted molar refractivity (Wildman–Crippen MR) is 80.8 cm³/mol. The van der Waals surface area contributed by atoms with E-state index < -0.39 is 0 Å². The molecule has 1 aromatic carbocycles. The molecule has 0 bridgehead atoms. The number of likely N-dealkylation sites (tertiary alicyclic amines) is 1. The first-order valence-corrected chi connectivity index (χ1v) is 7.54. The third-order valence-corrected chi connectivity index (χ3v) is 3.98. The van der Waals surface area contributed by atoms with Crippen LogP contribution >= 0.6 is 0 Å². The first kappa shape index (κ1) is 14.9. The van der Waals surface area contributed by atoms with Crippen LogP contribution in [-0.2, 0) is 0 Å². The molecule has 108 valence electrons. The summed E-state index contributed by atoms with van der Waals surface area (Å²) in [6, 6.07) is 10.7. The summed E-state index contributed by atoms with van der Waals surface area (Å²) >= 11 is 0. The van der Waals surface area contributed by atoms with E-state index in [0.29, 0.717) is 5.92 Å². The minimum Gasteiger partial charge on any atom is -0.492 e. The smallest absolute Gasteiger partial charge is 0.122 e. The molecule has 0 amide bonds. The molecule has 20 heavy (non-hydrogen) atoms. The van der Waals surface area contributed by atoms with Gasteiger partial charge in [-0.15, -0.1) is 0 Å². The average molecular weight is 272 g/mol. The Bertz CT molecular complexity index is 456. The summed E-state index contributed by atoms with van der Waals surface area (Å²) in [6.07, 6.45) is 2.00. The van der Waals surface area contributed by atoms with Crippen LogP contribution < -0.4 is 4.74 Å². The molecule has 1 saturated heterocycles. The maximum absolute atomic E-state index is 8.89. The van der Waals surface area contributed by atoms with Gasteiger partial charge in [-0.3, -0.25) is 4.90 Å². The fraction of sp³-hybridized carbons (Fsp3) is 0.588. The minimum atomic E-state index is 0.258. The second-order valence-electron chi connectivity index (χ2n) is 5.79. The van der Waals surface area contributed by atoms with Crippen molar-refractivity contribution < 1.29 is 4.74 Å². The van der Waals surface area contributed by atoms with Crippen molar-refractivity contribution in [2.75, 3.05) is 26.2 Å². The molecule has 3 heteroatoms. The third kappa shape index (κ3) is 3.98. The second kappa shape index (κ2) is 7.31. The molecule has 1 fully saturated rings. The molecule has 0 aromatic heterocycles. The normalized spacial score (nSPS) is 17.1. The van der Waals surface area contributed by atoms with Crippen molar-refractivity contribution in [3.63, 3.8) is 0 Å². The van der Waals surface area contributed by atoms with Gasteiger partial charge in [0.25, 0.3) is 0 Å². The zero-order valence-electron chi connectivity index (χ0n) is 12.5. The van der Waals surface area contributed by atoms with Crippen LogP contribution in [0.15, 0.2) is 24.3 Å². The van der Waals surface area contributed by atoms with Crippen LogP contribution in [0.1, 0.15) is 38.2 Å². The van der Waals surface area contributed by atoms with E-state index in [0.717, 1.165) is 44.8 Å². The number of nitrogens with zero attached hydrogens (tertiary/aromatic N) is 2. The first-order chi connectivity index (χ1) is 9.70. The monoisotopic (exact) mass is 272 g/mol. The van der Waals surface area contributed by atoms with Crippen molar-refractivity contribution in [1.29, 1.82) is 5.26 Å². The fourth-order valence-electron chi connectivity index (χ4n) is 2.66. The highest BCUT2D eigenvalue weighted by molar-refractivity contribution is 5.35. The predicted octanol–water partition coefficient (Wildman–Crippen LogP) is 3.42. The molecule has 0 aliphatic carbocycles. The van der Waals surface area contributed by atoms with Gasteiger partial charge in [-0.2, -0.15) is 5.26 Å². The highest BCUT2D eigenvalue weighted by Crippen LogP contribution is 2.25. The van der Waals surface area contributed by atoms with E-state index in [-0.39, 0.29) is 5.92 Å². The Morgan fingerprint density at radius 1 is 1.30 bits per heavy atom. The van der Waals surface area contributed by atoms with Gasteiger partial charge in [-0.05, 0) is 43.5 Å². The molecular weight excluding hydrogens is 248 g/mol. The van der Waals surface area contributed by atoms with Gasteiger partial charge < -0.3 is 4.74 Å². The molecule has 2 rings (SSSR count). The van der Waals surface area contributed by atoms with Gasteiger partial charge in [0.15, 0.2) is 0 Å². The van der Waals surface area contributed by atoms with E-state index in [4.69, 9.17) is 10.00 Å². The number of hydrogen-bond donors (Lipinski definition) is 0. The topological polar surface area (TPSA) is 36.3 Å². The lowest BCUT2D eigenvalue weighted by Gasteiger charge is -2.28. The Hall–Kier alpha value is -1.53. The lowest BCUT2D eigenvalue weighted by molar-refractivity contribution is 0.168. The van der Waals surface area contributed by atoms with E-state index >= 15 is 0 Å². The van der Waals surface area contributed by atoms with Crippen LogP contribution in [0.2, 0.25) is 0 Å². The summed E-state index contributed by atoms with van der Waals surface area (Å²) in [5.41, 5.74) is 1.27. The second-order valence-corrected chi connectivity index (χ2v) is 5.79. The molecule has 1 aromatic rings. The molecule has 0 spiro atoms. The summed E-state index contributed by atoms with van der Waals surface area (Å²) in [5.74, 6) is 1.75. The molecule has 1 aliphatic heterocycles. The summed E-state index contributed by atoms with van der Waals surface area (Å²) in [5, 5.41) is 8.89. The summed E-state index contributed by atoms with van der Waals surface area (Å²) in [7, 11) is 0. The SMILES string of the molecule is CC(C)c1ccccc1OCCN1CCC(C#N)CC1. The van der Waals surface area contributed by atoms with Gasteiger partial charge in [0.1, 0.15) is 12.4 Å². The number of piperidine rings is 1. The zero-order valence-corrected chi connectivity index (χ0v) is 12.5. The van der Waals surface area contributed by atoms with Crippen LogP contribution in [0, 0.1) is 17.2 Å². The number of benzene rings is 1. The van der Waals surface area contributed by atoms with Crippen LogP contribution in [0.4, 0.5) is 0 Å². The van der Waals surface area contributed by atoms with Crippen LogP contribution in [0.5, 0.6) is 5.75 Å². The van der Waals surface area contributed by atoms with Crippen molar-refractivity contribution in [2.24, 2.45) is 5.92 Å². The molecule has 0 unspecified atom stereocenters. The lowest BCUT2D eigenvalue weighted by Crippen LogP contribution is -2.36. The Kier molecular flexibility index (Phi) is 5.43. The molecular formula is C17H24N2O. The molecule has 1 heterocycles. The van der Waals surface area contributed by atoms with Crippen molar-refractivity contribution >= 4 is 0 Å². The highest BCUT2D eigenvalue weighted by Gasteiger charge is 2.18. The van der Waals surface area contributed by atoms with Crippen molar-refractivity contribution in [3.05, 3.63) is 29.8 Å². The molecule has 0 atom stereocenters. The van der Waals surface area contributed by atoms with Gasteiger partial charge in [0, 0.05) is 12.5 Å². The van der Waals surface area contributed by atoms with Gasteiger partial charge in [0.05, 0.1) is 6.07 Å². The molecule has 0 N–H and O–H groups in total. The molecule has 0 saturated carbocycles. The van der Waals surface area contributed by atoms with Gasteiger partial charge in [-0.1, -0.05) is 32.0 Å². The first-order valence-electron chi connectivity index (χ1n) is 7.54. The maximum Gasteiger partial charge on any atom is 0.122 e. The van der Waals surface area contributed by atoms with Crippen LogP contribution in [0.25, 0.3) is 0 Å². The molecule has 3 nitrogen and oxygen atoms in total. The highest BCUT2D eigenvalue weighted by atomic mass is 16.5. The zero-order chi connectivity index (χ0) is 14.4. The summed E-state index contributed by atoms with van der Waals surface area (Å²) < 4.78 is 5.95. The number of para-hydroxylation sites is 1. The van der Waals surface area contributed by atoms with Crippen molar-refractivity contribution in [2.45, 2.75) is 32.6 Å². The molecule has 0 radical (unpaired) electrons. The fourth-order valence-corrected chi connectivity index (χ4v) is 2.66. The van der Waals surface area contributed by atoms with Gasteiger partial charge in [0.2, 0.25) is 0 Å². The van der Waals surface area contributed by atoms with E-state index in [2.05, 4.69) is 43.0 Å². The van der Waals surface area contributed by atoms with Crippen molar-refractivity contribution in [3.8, 4) is 11.8 Å². The number of rotatable bonds is 5. The number of nitriles is 1.